The van der Waals surface area contributed by atoms with E-state index in [0.717, 1.165) is 19.0 Å². The van der Waals surface area contributed by atoms with Crippen LogP contribution in [0.4, 0.5) is 0 Å². The molecule has 20 heavy (non-hydrogen) atoms. The van der Waals surface area contributed by atoms with Crippen molar-refractivity contribution in [3.63, 3.8) is 0 Å². The first kappa shape index (κ1) is 16.6. The summed E-state index contributed by atoms with van der Waals surface area (Å²) in [5.74, 6) is 1.07. The second-order valence-electron chi connectivity index (χ2n) is 5.98. The van der Waals surface area contributed by atoms with Gasteiger partial charge >= 0.3 is 0 Å². The molecule has 4 nitrogen and oxygen atoms in total. The predicted molar refractivity (Wildman–Crippen MR) is 87.5 cm³/mol. The molecule has 1 aliphatic heterocycles. The van der Waals surface area contributed by atoms with Crippen LogP contribution in [-0.2, 0) is 4.74 Å². The molecule has 0 amide bonds. The van der Waals surface area contributed by atoms with E-state index in [1.54, 1.807) is 0 Å². The molecule has 0 unspecified atom stereocenters. The Hall–Kier alpha value is 0.190. The molecule has 1 saturated heterocycles. The second kappa shape index (κ2) is 9.26. The van der Waals surface area contributed by atoms with Crippen LogP contribution in [0.25, 0.3) is 0 Å². The Morgan fingerprint density at radius 2 is 1.75 bits per heavy atom. The van der Waals surface area contributed by atoms with E-state index < -0.39 is 0 Å². The van der Waals surface area contributed by atoms with Gasteiger partial charge in [-0.1, -0.05) is 6.92 Å². The first-order valence-corrected chi connectivity index (χ1v) is 9.49. The van der Waals surface area contributed by atoms with Crippen LogP contribution in [0.15, 0.2) is 0 Å². The van der Waals surface area contributed by atoms with Crippen molar-refractivity contribution in [2.75, 3.05) is 58.0 Å². The summed E-state index contributed by atoms with van der Waals surface area (Å²) in [6, 6.07) is 0.699. The fourth-order valence-corrected chi connectivity index (χ4v) is 3.37. The molecule has 2 rings (SSSR count). The van der Waals surface area contributed by atoms with Crippen molar-refractivity contribution in [1.29, 1.82) is 0 Å². The molecule has 2 aliphatic rings. The molecule has 1 saturated carbocycles. The molecule has 1 N–H and O–H groups in total. The molecule has 0 aromatic heterocycles. The third-order valence-electron chi connectivity index (χ3n) is 4.38. The first-order valence-electron chi connectivity index (χ1n) is 8.10. The zero-order valence-electron chi connectivity index (χ0n) is 13.1. The molecule has 0 atom stereocenters. The first-order chi connectivity index (χ1) is 9.81. The topological polar surface area (TPSA) is 27.7 Å². The Morgan fingerprint density at radius 1 is 1.10 bits per heavy atom. The summed E-state index contributed by atoms with van der Waals surface area (Å²) in [7, 11) is 0. The number of thioether (sulfide) groups is 1. The normalized spacial score (nSPS) is 28.5. The van der Waals surface area contributed by atoms with Crippen molar-refractivity contribution in [3.8, 4) is 0 Å². The van der Waals surface area contributed by atoms with Gasteiger partial charge in [0.2, 0.25) is 0 Å². The van der Waals surface area contributed by atoms with E-state index in [2.05, 4.69) is 28.3 Å². The van der Waals surface area contributed by atoms with Gasteiger partial charge in [0.15, 0.2) is 0 Å². The summed E-state index contributed by atoms with van der Waals surface area (Å²) < 4.78 is 5.96. The Labute approximate surface area is 128 Å². The summed E-state index contributed by atoms with van der Waals surface area (Å²) in [6.45, 7) is 10.4. The van der Waals surface area contributed by atoms with Gasteiger partial charge in [-0.05, 0) is 32.1 Å². The van der Waals surface area contributed by atoms with Crippen LogP contribution in [0.5, 0.6) is 0 Å². The van der Waals surface area contributed by atoms with Crippen LogP contribution in [0.1, 0.15) is 26.2 Å². The number of rotatable bonds is 9. The minimum absolute atomic E-state index is 0.510. The zero-order valence-corrected chi connectivity index (χ0v) is 14.0. The van der Waals surface area contributed by atoms with Crippen LogP contribution in [-0.4, -0.2) is 80.0 Å². The number of ether oxygens (including phenoxy) is 1. The largest absolute Gasteiger partial charge is 0.377 e. The van der Waals surface area contributed by atoms with Gasteiger partial charge < -0.3 is 15.0 Å². The third-order valence-corrected chi connectivity index (χ3v) is 4.83. The average Bonchev–Trinajstić information content (AvgIpc) is 2.42. The summed E-state index contributed by atoms with van der Waals surface area (Å²) in [4.78, 5) is 5.12. The van der Waals surface area contributed by atoms with E-state index in [1.165, 1.54) is 52.0 Å². The van der Waals surface area contributed by atoms with Crippen molar-refractivity contribution in [3.05, 3.63) is 0 Å². The Morgan fingerprint density at radius 3 is 2.35 bits per heavy atom. The van der Waals surface area contributed by atoms with Gasteiger partial charge in [-0.25, -0.2) is 0 Å². The zero-order chi connectivity index (χ0) is 14.2. The molecular weight excluding hydrogens is 270 g/mol. The second-order valence-corrected chi connectivity index (χ2v) is 6.85. The van der Waals surface area contributed by atoms with Gasteiger partial charge in [-0.15, -0.1) is 11.8 Å². The molecule has 0 bridgehead atoms. The quantitative estimate of drug-likeness (QED) is 0.651. The van der Waals surface area contributed by atoms with E-state index >= 15 is 0 Å². The average molecular weight is 302 g/mol. The molecular formula is C15H31N3OS. The lowest BCUT2D eigenvalue weighted by Gasteiger charge is -2.37. The highest BCUT2D eigenvalue weighted by Crippen LogP contribution is 2.23. The number of hydrogen-bond acceptors (Lipinski definition) is 5. The highest BCUT2D eigenvalue weighted by atomic mass is 32.2. The van der Waals surface area contributed by atoms with Gasteiger partial charge in [-0.2, -0.15) is 0 Å². The van der Waals surface area contributed by atoms with E-state index in [1.807, 2.05) is 11.8 Å². The summed E-state index contributed by atoms with van der Waals surface area (Å²) in [5, 5.41) is 3.52. The standard InChI is InChI=1S/C15H31N3OS/c1-3-4-17-5-7-18(8-6-17)9-10-19-15-11-14(12-15)16-13-20-2/h14-16H,3-13H2,1-2H3. The van der Waals surface area contributed by atoms with Crippen LogP contribution < -0.4 is 5.32 Å². The molecule has 0 radical (unpaired) electrons. The highest BCUT2D eigenvalue weighted by Gasteiger charge is 2.29. The Balaban J connectivity index is 1.45. The van der Waals surface area contributed by atoms with E-state index in [0.29, 0.717) is 12.1 Å². The summed E-state index contributed by atoms with van der Waals surface area (Å²) in [5.41, 5.74) is 0. The van der Waals surface area contributed by atoms with Gasteiger partial charge in [0.05, 0.1) is 12.7 Å². The monoisotopic (exact) mass is 301 g/mol. The van der Waals surface area contributed by atoms with Crippen LogP contribution >= 0.6 is 11.8 Å². The molecule has 0 aromatic carbocycles. The molecule has 2 fully saturated rings. The van der Waals surface area contributed by atoms with Crippen molar-refractivity contribution in [1.82, 2.24) is 15.1 Å². The van der Waals surface area contributed by atoms with Gasteiger partial charge in [0, 0.05) is 44.6 Å². The fraction of sp³-hybridized carbons (Fsp3) is 1.00. The molecule has 118 valence electrons. The number of nitrogens with one attached hydrogen (secondary N) is 1. The van der Waals surface area contributed by atoms with Crippen molar-refractivity contribution >= 4 is 11.8 Å². The molecule has 0 aromatic rings. The molecule has 1 aliphatic carbocycles. The SMILES string of the molecule is CCCN1CCN(CCOC2CC(NCSC)C2)CC1. The predicted octanol–water partition coefficient (Wildman–Crippen LogP) is 1.47. The number of hydrogen-bond donors (Lipinski definition) is 1. The fourth-order valence-electron chi connectivity index (χ4n) is 2.97. The number of piperazine rings is 1. The van der Waals surface area contributed by atoms with Crippen LogP contribution in [0.2, 0.25) is 0 Å². The van der Waals surface area contributed by atoms with E-state index in [4.69, 9.17) is 4.74 Å². The minimum atomic E-state index is 0.510. The van der Waals surface area contributed by atoms with Gasteiger partial charge in [0.25, 0.3) is 0 Å². The maximum absolute atomic E-state index is 5.96. The highest BCUT2D eigenvalue weighted by molar-refractivity contribution is 7.98. The molecule has 0 spiro atoms. The molecule has 1 heterocycles. The van der Waals surface area contributed by atoms with Crippen molar-refractivity contribution < 1.29 is 4.74 Å². The lowest BCUT2D eigenvalue weighted by molar-refractivity contribution is -0.0267. The third kappa shape index (κ3) is 5.53. The van der Waals surface area contributed by atoms with Gasteiger partial charge in [-0.3, -0.25) is 4.90 Å². The van der Waals surface area contributed by atoms with Crippen LogP contribution in [0, 0.1) is 0 Å². The maximum atomic E-state index is 5.96. The van der Waals surface area contributed by atoms with E-state index in [9.17, 15) is 0 Å². The Bertz CT molecular complexity index is 254. The summed E-state index contributed by atoms with van der Waals surface area (Å²) >= 11 is 1.86. The minimum Gasteiger partial charge on any atom is -0.377 e. The Kier molecular flexibility index (Phi) is 7.66. The summed E-state index contributed by atoms with van der Waals surface area (Å²) in [6.07, 6.45) is 6.32. The number of nitrogens with zero attached hydrogens (tertiary/aromatic N) is 2. The van der Waals surface area contributed by atoms with Gasteiger partial charge in [0.1, 0.15) is 0 Å². The lowest BCUT2D eigenvalue weighted by Crippen LogP contribution is -2.48. The van der Waals surface area contributed by atoms with Crippen LogP contribution in [0.3, 0.4) is 0 Å². The van der Waals surface area contributed by atoms with Crippen molar-refractivity contribution in [2.24, 2.45) is 0 Å². The molecule has 5 heteroatoms. The smallest absolute Gasteiger partial charge is 0.0605 e. The van der Waals surface area contributed by atoms with Crippen molar-refractivity contribution in [2.45, 2.75) is 38.3 Å². The van der Waals surface area contributed by atoms with E-state index in [-0.39, 0.29) is 0 Å². The maximum Gasteiger partial charge on any atom is 0.0605 e. The lowest BCUT2D eigenvalue weighted by atomic mass is 9.89.